The van der Waals surface area contributed by atoms with Crippen molar-refractivity contribution in [2.45, 2.75) is 63.9 Å². The van der Waals surface area contributed by atoms with Gasteiger partial charge in [-0.2, -0.15) is 0 Å². The second kappa shape index (κ2) is 12.7. The monoisotopic (exact) mass is 434 g/mol. The first-order chi connectivity index (χ1) is 13.8. The highest BCUT2D eigenvalue weighted by Gasteiger charge is 2.32. The van der Waals surface area contributed by atoms with E-state index < -0.39 is 73.0 Å². The number of nitrogens with one attached hydrogen (secondary N) is 3. The lowest BCUT2D eigenvalue weighted by molar-refractivity contribution is -0.145. The number of carbonyl (C=O) groups excluding carboxylic acids is 3. The number of aliphatic carboxylic acids is 2. The summed E-state index contributed by atoms with van der Waals surface area (Å²) in [7, 11) is 0. The van der Waals surface area contributed by atoms with Crippen molar-refractivity contribution in [2.75, 3.05) is 6.61 Å². The van der Waals surface area contributed by atoms with Gasteiger partial charge < -0.3 is 42.1 Å². The summed E-state index contributed by atoms with van der Waals surface area (Å²) in [4.78, 5) is 59.1. The van der Waals surface area contributed by atoms with Crippen LogP contribution in [0.4, 0.5) is 0 Å². The van der Waals surface area contributed by atoms with E-state index in [4.69, 9.17) is 21.1 Å². The van der Waals surface area contributed by atoms with Crippen molar-refractivity contribution < 1.29 is 44.4 Å². The van der Waals surface area contributed by atoms with Gasteiger partial charge in [0.25, 0.3) is 0 Å². The molecule has 0 aliphatic heterocycles. The molecular weight excluding hydrogens is 404 g/mol. The van der Waals surface area contributed by atoms with E-state index in [1.54, 1.807) is 13.8 Å². The Hall–Kier alpha value is -2.77. The fourth-order valence-corrected chi connectivity index (χ4v) is 2.36. The van der Waals surface area contributed by atoms with Crippen LogP contribution in [-0.4, -0.2) is 87.0 Å². The molecule has 0 aromatic carbocycles. The van der Waals surface area contributed by atoms with E-state index in [9.17, 15) is 29.1 Å². The standard InChI is InChI=1S/C17H30N4O9/c1-7(2)4-10(16(28)21-13(8(3)23)17(29)30)20-15(27)11(5-12(24)25)19-14(26)9(18)6-22/h7-11,13,22-23H,4-6,18H2,1-3H3,(H,19,26)(H,20,27)(H,21,28)(H,24,25)(H,29,30). The lowest BCUT2D eigenvalue weighted by atomic mass is 10.0. The van der Waals surface area contributed by atoms with E-state index in [2.05, 4.69) is 16.0 Å². The topological polar surface area (TPSA) is 228 Å². The second-order valence-electron chi connectivity index (χ2n) is 7.20. The molecule has 5 unspecified atom stereocenters. The van der Waals surface area contributed by atoms with Crippen LogP contribution in [0.5, 0.6) is 0 Å². The molecule has 0 aliphatic carbocycles. The Balaban J connectivity index is 5.48. The number of aliphatic hydroxyl groups excluding tert-OH is 2. The first-order valence-corrected chi connectivity index (χ1v) is 9.20. The van der Waals surface area contributed by atoms with Crippen molar-refractivity contribution in [2.24, 2.45) is 11.7 Å². The molecule has 0 saturated carbocycles. The summed E-state index contributed by atoms with van der Waals surface area (Å²) >= 11 is 0. The Morgan fingerprint density at radius 3 is 1.77 bits per heavy atom. The first kappa shape index (κ1) is 27.2. The predicted molar refractivity (Wildman–Crippen MR) is 102 cm³/mol. The van der Waals surface area contributed by atoms with Gasteiger partial charge in [-0.3, -0.25) is 19.2 Å². The third kappa shape index (κ3) is 9.62. The number of carboxylic acid groups (broad SMARTS) is 2. The molecule has 0 fully saturated rings. The van der Waals surface area contributed by atoms with Crippen LogP contribution < -0.4 is 21.7 Å². The van der Waals surface area contributed by atoms with Gasteiger partial charge in [0.15, 0.2) is 6.04 Å². The summed E-state index contributed by atoms with van der Waals surface area (Å²) in [5, 5.41) is 43.0. The maximum Gasteiger partial charge on any atom is 0.328 e. The highest BCUT2D eigenvalue weighted by molar-refractivity contribution is 5.95. The molecule has 0 saturated heterocycles. The van der Waals surface area contributed by atoms with Crippen molar-refractivity contribution >= 4 is 29.7 Å². The molecule has 13 nitrogen and oxygen atoms in total. The molecule has 9 N–H and O–H groups in total. The van der Waals surface area contributed by atoms with Gasteiger partial charge in [0, 0.05) is 0 Å². The zero-order chi connectivity index (χ0) is 23.6. The molecule has 30 heavy (non-hydrogen) atoms. The minimum atomic E-state index is -1.62. The number of nitrogens with two attached hydrogens (primary N) is 1. The molecule has 0 bridgehead atoms. The highest BCUT2D eigenvalue weighted by atomic mass is 16.4. The summed E-state index contributed by atoms with van der Waals surface area (Å²) in [6, 6.07) is -5.87. The zero-order valence-electron chi connectivity index (χ0n) is 17.0. The summed E-state index contributed by atoms with van der Waals surface area (Å²) in [5.74, 6) is -5.92. The maximum absolute atomic E-state index is 12.5. The van der Waals surface area contributed by atoms with Gasteiger partial charge in [-0.25, -0.2) is 4.79 Å². The smallest absolute Gasteiger partial charge is 0.328 e. The molecule has 0 rings (SSSR count). The third-order valence-corrected chi connectivity index (χ3v) is 3.93. The predicted octanol–water partition coefficient (Wildman–Crippen LogP) is -3.25. The Labute approximate surface area is 173 Å². The van der Waals surface area contributed by atoms with Gasteiger partial charge in [-0.05, 0) is 19.3 Å². The first-order valence-electron chi connectivity index (χ1n) is 9.20. The van der Waals surface area contributed by atoms with E-state index in [0.717, 1.165) is 6.92 Å². The van der Waals surface area contributed by atoms with Gasteiger partial charge >= 0.3 is 11.9 Å². The number of hydrogen-bond acceptors (Lipinski definition) is 8. The molecule has 172 valence electrons. The fourth-order valence-electron chi connectivity index (χ4n) is 2.36. The number of carboxylic acids is 2. The number of amides is 3. The van der Waals surface area contributed by atoms with Gasteiger partial charge in [0.2, 0.25) is 17.7 Å². The van der Waals surface area contributed by atoms with Crippen LogP contribution in [0.3, 0.4) is 0 Å². The molecule has 13 heteroatoms. The molecule has 0 aliphatic rings. The number of carbonyl (C=O) groups is 5. The van der Waals surface area contributed by atoms with E-state index in [1.165, 1.54) is 0 Å². The maximum atomic E-state index is 12.5. The average molecular weight is 434 g/mol. The fraction of sp³-hybridized carbons (Fsp3) is 0.706. The quantitative estimate of drug-likeness (QED) is 0.144. The van der Waals surface area contributed by atoms with E-state index >= 15 is 0 Å². The largest absolute Gasteiger partial charge is 0.481 e. The van der Waals surface area contributed by atoms with Crippen molar-refractivity contribution in [3.8, 4) is 0 Å². The molecular formula is C17H30N4O9. The minimum absolute atomic E-state index is 0.0631. The van der Waals surface area contributed by atoms with Crippen molar-refractivity contribution in [3.05, 3.63) is 0 Å². The number of hydrogen-bond donors (Lipinski definition) is 8. The van der Waals surface area contributed by atoms with Crippen LogP contribution in [0.1, 0.15) is 33.6 Å². The molecule has 5 atom stereocenters. The molecule has 0 spiro atoms. The van der Waals surface area contributed by atoms with Crippen LogP contribution in [0.15, 0.2) is 0 Å². The highest BCUT2D eigenvalue weighted by Crippen LogP contribution is 2.07. The Morgan fingerprint density at radius 2 is 1.37 bits per heavy atom. The van der Waals surface area contributed by atoms with Gasteiger partial charge in [0.1, 0.15) is 18.1 Å². The van der Waals surface area contributed by atoms with Gasteiger partial charge in [-0.1, -0.05) is 13.8 Å². The molecule has 0 radical (unpaired) electrons. The summed E-state index contributed by atoms with van der Waals surface area (Å²) in [5.41, 5.74) is 5.34. The zero-order valence-corrected chi connectivity index (χ0v) is 17.0. The summed E-state index contributed by atoms with van der Waals surface area (Å²) in [6.07, 6.45) is -2.18. The van der Waals surface area contributed by atoms with Gasteiger partial charge in [-0.15, -0.1) is 0 Å². The van der Waals surface area contributed by atoms with Gasteiger partial charge in [0.05, 0.1) is 19.1 Å². The molecule has 0 aromatic heterocycles. The molecule has 0 aromatic rings. The van der Waals surface area contributed by atoms with E-state index in [1.807, 2.05) is 0 Å². The van der Waals surface area contributed by atoms with E-state index in [0.29, 0.717) is 0 Å². The molecule has 0 heterocycles. The molecule has 3 amide bonds. The van der Waals surface area contributed by atoms with Crippen molar-refractivity contribution in [3.63, 3.8) is 0 Å². The van der Waals surface area contributed by atoms with Crippen LogP contribution >= 0.6 is 0 Å². The van der Waals surface area contributed by atoms with Crippen LogP contribution in [0, 0.1) is 5.92 Å². The summed E-state index contributed by atoms with van der Waals surface area (Å²) in [6.45, 7) is 3.89. The normalized spacial score (nSPS) is 16.0. The SMILES string of the molecule is CC(C)CC(NC(=O)C(CC(=O)O)NC(=O)C(N)CO)C(=O)NC(C(=O)O)C(C)O. The Kier molecular flexibility index (Phi) is 11.5. The third-order valence-electron chi connectivity index (χ3n) is 3.93. The number of rotatable bonds is 13. The Bertz CT molecular complexity index is 639. The van der Waals surface area contributed by atoms with Crippen molar-refractivity contribution in [1.29, 1.82) is 0 Å². The lowest BCUT2D eigenvalue weighted by Crippen LogP contribution is -2.59. The number of aliphatic hydroxyl groups is 2. The Morgan fingerprint density at radius 1 is 0.867 bits per heavy atom. The summed E-state index contributed by atoms with van der Waals surface area (Å²) < 4.78 is 0. The van der Waals surface area contributed by atoms with Crippen LogP contribution in [-0.2, 0) is 24.0 Å². The lowest BCUT2D eigenvalue weighted by Gasteiger charge is -2.26. The minimum Gasteiger partial charge on any atom is -0.481 e. The average Bonchev–Trinajstić information content (AvgIpc) is 2.62. The second-order valence-corrected chi connectivity index (χ2v) is 7.20. The van der Waals surface area contributed by atoms with Crippen molar-refractivity contribution in [1.82, 2.24) is 16.0 Å². The van der Waals surface area contributed by atoms with E-state index in [-0.39, 0.29) is 12.3 Å². The van der Waals surface area contributed by atoms with Crippen LogP contribution in [0.25, 0.3) is 0 Å². The van der Waals surface area contributed by atoms with Crippen LogP contribution in [0.2, 0.25) is 0 Å².